The molecule has 1 saturated heterocycles. The van der Waals surface area contributed by atoms with Crippen molar-refractivity contribution in [1.82, 2.24) is 24.3 Å². The highest BCUT2D eigenvalue weighted by atomic mass is 19.4. The number of carbonyl (C=O) groups is 2. The van der Waals surface area contributed by atoms with Gasteiger partial charge < -0.3 is 20.9 Å². The summed E-state index contributed by atoms with van der Waals surface area (Å²) in [6.45, 7) is 4.73. The van der Waals surface area contributed by atoms with E-state index in [0.717, 1.165) is 31.2 Å². The van der Waals surface area contributed by atoms with Gasteiger partial charge in [-0.15, -0.1) is 0 Å². The Hall–Kier alpha value is -4.63. The Morgan fingerprint density at radius 2 is 1.87 bits per heavy atom. The summed E-state index contributed by atoms with van der Waals surface area (Å²) < 4.78 is 62.9. The van der Waals surface area contributed by atoms with Crippen LogP contribution < -0.4 is 11.1 Å². The van der Waals surface area contributed by atoms with Crippen molar-refractivity contribution in [1.29, 1.82) is 0 Å². The summed E-state index contributed by atoms with van der Waals surface area (Å²) in [5.74, 6) is -2.20. The molecule has 248 valence electrons. The van der Waals surface area contributed by atoms with Crippen LogP contribution in [0.15, 0.2) is 48.9 Å². The van der Waals surface area contributed by atoms with Crippen LogP contribution in [-0.2, 0) is 15.7 Å². The van der Waals surface area contributed by atoms with Crippen LogP contribution in [0.1, 0.15) is 67.4 Å². The van der Waals surface area contributed by atoms with Crippen molar-refractivity contribution in [3.8, 4) is 11.3 Å². The van der Waals surface area contributed by atoms with E-state index in [0.29, 0.717) is 43.4 Å². The number of fused-ring (bicyclic) bond motifs is 1. The molecular formula is C32H33F4N7O4. The van der Waals surface area contributed by atoms with Crippen molar-refractivity contribution in [3.05, 3.63) is 71.7 Å². The number of carbonyl (C=O) groups excluding carboxylic acids is 1. The lowest BCUT2D eigenvalue weighted by atomic mass is 9.73. The van der Waals surface area contributed by atoms with Gasteiger partial charge in [0.15, 0.2) is 0 Å². The lowest BCUT2D eigenvalue weighted by Gasteiger charge is -2.46. The van der Waals surface area contributed by atoms with E-state index in [4.69, 9.17) is 15.5 Å². The fourth-order valence-electron chi connectivity index (χ4n) is 6.44. The summed E-state index contributed by atoms with van der Waals surface area (Å²) in [7, 11) is 0. The van der Waals surface area contributed by atoms with E-state index < -0.39 is 41.0 Å². The Balaban J connectivity index is 1.27. The predicted octanol–water partition coefficient (Wildman–Crippen LogP) is 5.58. The number of nitrogens with zero attached hydrogens (tertiary/aromatic N) is 5. The number of halogens is 4. The summed E-state index contributed by atoms with van der Waals surface area (Å²) in [5, 5.41) is 11.9. The van der Waals surface area contributed by atoms with Crippen LogP contribution >= 0.6 is 0 Å². The average Bonchev–Trinajstić information content (AvgIpc) is 3.42. The first-order valence-electron chi connectivity index (χ1n) is 15.1. The van der Waals surface area contributed by atoms with E-state index in [-0.39, 0.29) is 40.5 Å². The van der Waals surface area contributed by atoms with Crippen LogP contribution in [0.25, 0.3) is 16.8 Å². The molecule has 1 saturated carbocycles. The zero-order chi connectivity index (χ0) is 33.7. The van der Waals surface area contributed by atoms with Gasteiger partial charge in [-0.3, -0.25) is 18.9 Å². The van der Waals surface area contributed by atoms with E-state index in [1.54, 1.807) is 17.5 Å². The molecule has 4 aromatic rings. The third kappa shape index (κ3) is 6.24. The normalized spacial score (nSPS) is 23.9. The molecule has 6 rings (SSSR count). The zero-order valence-corrected chi connectivity index (χ0v) is 25.6. The summed E-state index contributed by atoms with van der Waals surface area (Å²) in [5.41, 5.74) is 4.95. The topological polar surface area (TPSA) is 148 Å². The van der Waals surface area contributed by atoms with Crippen LogP contribution in [0, 0.1) is 11.2 Å². The van der Waals surface area contributed by atoms with E-state index in [1.807, 2.05) is 0 Å². The molecule has 2 atom stereocenters. The molecule has 1 aliphatic heterocycles. The molecule has 0 spiro atoms. The Labute approximate surface area is 266 Å². The quantitative estimate of drug-likeness (QED) is 0.227. The maximum Gasteiger partial charge on any atom is 0.416 e. The predicted molar refractivity (Wildman–Crippen MR) is 163 cm³/mol. The van der Waals surface area contributed by atoms with E-state index in [2.05, 4.69) is 27.1 Å². The minimum absolute atomic E-state index is 0.0310. The second-order valence-electron chi connectivity index (χ2n) is 12.4. The first-order chi connectivity index (χ1) is 22.2. The molecule has 11 nitrogen and oxygen atoms in total. The highest BCUT2D eigenvalue weighted by molar-refractivity contribution is 6.04. The molecule has 1 amide bonds. The van der Waals surface area contributed by atoms with Gasteiger partial charge in [-0.25, -0.2) is 19.3 Å². The van der Waals surface area contributed by atoms with Crippen molar-refractivity contribution in [2.45, 2.75) is 63.9 Å². The maximum absolute atomic E-state index is 15.7. The third-order valence-corrected chi connectivity index (χ3v) is 9.24. The monoisotopic (exact) mass is 655 g/mol. The van der Waals surface area contributed by atoms with Crippen LogP contribution in [0.3, 0.4) is 0 Å². The molecule has 4 N–H and O–H groups in total. The second-order valence-corrected chi connectivity index (χ2v) is 12.4. The lowest BCUT2D eigenvalue weighted by molar-refractivity contribution is -0.151. The minimum Gasteiger partial charge on any atom is -0.481 e. The molecule has 0 radical (unpaired) electrons. The summed E-state index contributed by atoms with van der Waals surface area (Å²) >= 11 is 0. The largest absolute Gasteiger partial charge is 0.481 e. The molecular weight excluding hydrogens is 622 g/mol. The Kier molecular flexibility index (Phi) is 8.38. The van der Waals surface area contributed by atoms with Crippen molar-refractivity contribution >= 4 is 29.0 Å². The fourth-order valence-corrected chi connectivity index (χ4v) is 6.44. The molecule has 15 heteroatoms. The summed E-state index contributed by atoms with van der Waals surface area (Å²) in [6, 6.07) is 5.36. The molecule has 1 aliphatic carbocycles. The lowest BCUT2D eigenvalue weighted by Crippen LogP contribution is -2.52. The number of pyridine rings is 1. The van der Waals surface area contributed by atoms with E-state index in [1.165, 1.54) is 18.3 Å². The SMILES string of the molecule is C[C@H]1CO[C@@H](c2nc(-c3ccc(C(=O)Nc4cc(C(F)(F)F)ccn4)cc3F)c3c(N)nccn23)CN1[C@H]1CC[C@](C)(C(=O)O)CC1. The number of alkyl halides is 3. The summed E-state index contributed by atoms with van der Waals surface area (Å²) in [4.78, 5) is 39.6. The molecule has 0 unspecified atom stereocenters. The van der Waals surface area contributed by atoms with Crippen LogP contribution in [0.2, 0.25) is 0 Å². The molecule has 1 aromatic carbocycles. The van der Waals surface area contributed by atoms with Gasteiger partial charge in [0, 0.05) is 48.3 Å². The fraction of sp³-hybridized carbons (Fsp3) is 0.406. The van der Waals surface area contributed by atoms with Crippen LogP contribution in [0.4, 0.5) is 29.2 Å². The van der Waals surface area contributed by atoms with Crippen molar-refractivity contribution in [2.24, 2.45) is 5.41 Å². The van der Waals surface area contributed by atoms with Gasteiger partial charge in [-0.1, -0.05) is 0 Å². The van der Waals surface area contributed by atoms with Crippen molar-refractivity contribution in [3.63, 3.8) is 0 Å². The van der Waals surface area contributed by atoms with E-state index in [9.17, 15) is 27.9 Å². The first-order valence-corrected chi connectivity index (χ1v) is 15.1. The summed E-state index contributed by atoms with van der Waals surface area (Å²) in [6.07, 6.45) is 1.55. The van der Waals surface area contributed by atoms with Crippen LogP contribution in [0.5, 0.6) is 0 Å². The highest BCUT2D eigenvalue weighted by Gasteiger charge is 2.42. The number of benzene rings is 1. The smallest absolute Gasteiger partial charge is 0.416 e. The molecule has 2 fully saturated rings. The Bertz CT molecular complexity index is 1840. The van der Waals surface area contributed by atoms with Gasteiger partial charge in [0.25, 0.3) is 5.91 Å². The van der Waals surface area contributed by atoms with Gasteiger partial charge in [-0.2, -0.15) is 13.2 Å². The van der Waals surface area contributed by atoms with Crippen molar-refractivity contribution in [2.75, 3.05) is 24.2 Å². The number of hydrogen-bond acceptors (Lipinski definition) is 8. The molecule has 0 bridgehead atoms. The number of rotatable bonds is 6. The number of aromatic nitrogens is 4. The number of nitrogens with two attached hydrogens (primary N) is 1. The Morgan fingerprint density at radius 1 is 1.13 bits per heavy atom. The van der Waals surface area contributed by atoms with Gasteiger partial charge in [0.1, 0.15) is 40.6 Å². The van der Waals surface area contributed by atoms with Crippen molar-refractivity contribution < 1.29 is 37.0 Å². The maximum atomic E-state index is 15.7. The Morgan fingerprint density at radius 3 is 2.55 bits per heavy atom. The number of carboxylic acids is 1. The number of imidazole rings is 1. The second kappa shape index (κ2) is 12.2. The van der Waals surface area contributed by atoms with Gasteiger partial charge >= 0.3 is 12.1 Å². The van der Waals surface area contributed by atoms with Gasteiger partial charge in [0.05, 0.1) is 17.6 Å². The number of anilines is 2. The van der Waals surface area contributed by atoms with E-state index >= 15 is 4.39 Å². The number of ether oxygens (including phenoxy) is 1. The molecule has 47 heavy (non-hydrogen) atoms. The molecule has 2 aliphatic rings. The molecule has 3 aromatic heterocycles. The zero-order valence-electron chi connectivity index (χ0n) is 25.6. The molecule has 4 heterocycles. The van der Waals surface area contributed by atoms with Gasteiger partial charge in [-0.05, 0) is 69.9 Å². The number of nitrogen functional groups attached to an aromatic ring is 1. The minimum atomic E-state index is -4.63. The number of amides is 1. The number of hydrogen-bond donors (Lipinski definition) is 3. The average molecular weight is 656 g/mol. The van der Waals surface area contributed by atoms with Gasteiger partial charge in [0.2, 0.25) is 0 Å². The number of morpholine rings is 1. The third-order valence-electron chi connectivity index (χ3n) is 9.24. The standard InChI is InChI=1S/C32H33F4N7O4/c1-17-16-47-23(15-43(17)20-5-8-31(2,9-6-20)30(45)46)28-41-25(26-27(37)39-11-12-42(26)28)21-4-3-18(13-22(21)33)29(44)40-24-14-19(7-10-38-24)32(34,35)36/h3-4,7,10-14,17,20,23H,5-6,8-9,15-16H2,1-2H3,(H2,37,39)(H,45,46)(H,38,40,44)/t17-,20-,23+,31-/m0/s1. The number of aliphatic carboxylic acids is 1. The van der Waals surface area contributed by atoms with Crippen LogP contribution in [-0.4, -0.2) is 66.5 Å². The number of carboxylic acid groups (broad SMARTS) is 1. The highest BCUT2D eigenvalue weighted by Crippen LogP contribution is 2.41. The number of nitrogens with one attached hydrogen (secondary N) is 1. The first kappa shape index (κ1) is 32.3.